The third-order valence-corrected chi connectivity index (χ3v) is 7.31. The molecular formula is C26H29ClF3N3O3. The van der Waals surface area contributed by atoms with Crippen LogP contribution in [-0.4, -0.2) is 60.6 Å². The number of likely N-dealkylation sites (N-methyl/N-ethyl adjacent to an activating group) is 1. The lowest BCUT2D eigenvalue weighted by Crippen LogP contribution is -2.73. The number of amides is 2. The van der Waals surface area contributed by atoms with Gasteiger partial charge in [-0.2, -0.15) is 13.2 Å². The molecule has 2 aromatic rings. The van der Waals surface area contributed by atoms with Gasteiger partial charge in [-0.15, -0.1) is 0 Å². The van der Waals surface area contributed by atoms with Gasteiger partial charge >= 0.3 is 6.18 Å². The van der Waals surface area contributed by atoms with Crippen LogP contribution in [0.5, 0.6) is 5.75 Å². The minimum Gasteiger partial charge on any atom is -0.458 e. The zero-order valence-electron chi connectivity index (χ0n) is 20.2. The first kappa shape index (κ1) is 26.3. The number of hydrogen-bond donors (Lipinski definition) is 1. The molecule has 1 saturated heterocycles. The number of alkyl halides is 3. The number of benzene rings is 2. The lowest BCUT2D eigenvalue weighted by atomic mass is 9.88. The zero-order chi connectivity index (χ0) is 26.1. The van der Waals surface area contributed by atoms with Gasteiger partial charge in [0.2, 0.25) is 5.91 Å². The Bertz CT molecular complexity index is 1100. The van der Waals surface area contributed by atoms with Gasteiger partial charge in [-0.1, -0.05) is 30.7 Å². The summed E-state index contributed by atoms with van der Waals surface area (Å²) in [4.78, 5) is 30.7. The van der Waals surface area contributed by atoms with Gasteiger partial charge in [-0.3, -0.25) is 14.5 Å². The van der Waals surface area contributed by atoms with Crippen molar-refractivity contribution >= 4 is 23.4 Å². The van der Waals surface area contributed by atoms with Crippen molar-refractivity contribution in [3.8, 4) is 5.75 Å². The van der Waals surface area contributed by atoms with Crippen molar-refractivity contribution in [1.82, 2.24) is 15.1 Å². The number of ether oxygens (including phenoxy) is 1. The smallest absolute Gasteiger partial charge is 0.416 e. The van der Waals surface area contributed by atoms with E-state index in [2.05, 4.69) is 5.32 Å². The zero-order valence-corrected chi connectivity index (χ0v) is 21.0. The normalized spacial score (nSPS) is 20.6. The highest BCUT2D eigenvalue weighted by Crippen LogP contribution is 2.52. The molecule has 1 N–H and O–H groups in total. The highest BCUT2D eigenvalue weighted by atomic mass is 35.5. The van der Waals surface area contributed by atoms with E-state index in [1.165, 1.54) is 17.0 Å². The molecule has 0 radical (unpaired) electrons. The fourth-order valence-electron chi connectivity index (χ4n) is 4.42. The van der Waals surface area contributed by atoms with E-state index in [9.17, 15) is 22.8 Å². The second-order valence-electron chi connectivity index (χ2n) is 9.36. The molecule has 2 fully saturated rings. The van der Waals surface area contributed by atoms with Gasteiger partial charge in [-0.25, -0.2) is 0 Å². The average Bonchev–Trinajstić information content (AvgIpc) is 3.64. The summed E-state index contributed by atoms with van der Waals surface area (Å²) >= 11 is 6.02. The Morgan fingerprint density at radius 1 is 1.08 bits per heavy atom. The Hall–Kier alpha value is -2.78. The Balaban J connectivity index is 1.60. The minimum atomic E-state index is -4.49. The summed E-state index contributed by atoms with van der Waals surface area (Å²) in [7, 11) is 1.92. The first-order valence-corrected chi connectivity index (χ1v) is 12.3. The van der Waals surface area contributed by atoms with E-state index in [1.807, 2.05) is 31.0 Å². The number of rotatable bonds is 9. The number of nitrogens with one attached hydrogen (secondary N) is 1. The molecule has 2 amide bonds. The number of carbonyl (C=O) groups excluding carboxylic acids is 2. The van der Waals surface area contributed by atoms with Crippen LogP contribution in [0.2, 0.25) is 5.02 Å². The van der Waals surface area contributed by atoms with Crippen molar-refractivity contribution in [2.45, 2.75) is 43.5 Å². The maximum atomic E-state index is 13.8. The molecule has 0 bridgehead atoms. The molecule has 4 rings (SSSR count). The molecule has 1 heterocycles. The Morgan fingerprint density at radius 2 is 1.72 bits per heavy atom. The predicted molar refractivity (Wildman–Crippen MR) is 130 cm³/mol. The lowest BCUT2D eigenvalue weighted by molar-refractivity contribution is -0.194. The SMILES string of the molecule is CCN(C)CCNC(=O)C1(Oc2ccc(C(F)(F)F)cc2)CCN1C(=O)C1(c2ccc(Cl)cc2)CC1. The second-order valence-corrected chi connectivity index (χ2v) is 9.79. The number of hydrogen-bond acceptors (Lipinski definition) is 4. The minimum absolute atomic E-state index is 0.0812. The Morgan fingerprint density at radius 3 is 2.22 bits per heavy atom. The molecule has 10 heteroatoms. The van der Waals surface area contributed by atoms with Crippen LogP contribution in [0.25, 0.3) is 0 Å². The number of likely N-dealkylation sites (tertiary alicyclic amines) is 1. The predicted octanol–water partition coefficient (Wildman–Crippen LogP) is 4.47. The summed E-state index contributed by atoms with van der Waals surface area (Å²) in [6.07, 6.45) is -3.01. The molecule has 1 unspecified atom stereocenters. The molecular weight excluding hydrogens is 495 g/mol. The quantitative estimate of drug-likeness (QED) is 0.527. The van der Waals surface area contributed by atoms with Crippen molar-refractivity contribution in [2.24, 2.45) is 0 Å². The van der Waals surface area contributed by atoms with E-state index in [-0.39, 0.29) is 18.1 Å². The first-order chi connectivity index (χ1) is 17.0. The van der Waals surface area contributed by atoms with Crippen molar-refractivity contribution < 1.29 is 27.5 Å². The van der Waals surface area contributed by atoms with Gasteiger partial charge in [0.05, 0.1) is 11.0 Å². The maximum Gasteiger partial charge on any atom is 0.416 e. The monoisotopic (exact) mass is 523 g/mol. The second kappa shape index (κ2) is 9.94. The fourth-order valence-corrected chi connectivity index (χ4v) is 4.55. The van der Waals surface area contributed by atoms with E-state index in [4.69, 9.17) is 16.3 Å². The van der Waals surface area contributed by atoms with E-state index in [0.717, 1.165) is 24.2 Å². The standard InChI is InChI=1S/C26H29ClF3N3O3/c1-3-32(2)17-15-31-22(34)25(36-21-10-6-19(7-11-21)26(28,29)30)14-16-33(25)23(35)24(12-13-24)18-4-8-20(27)9-5-18/h4-11H,3,12-17H2,1-2H3,(H,31,34). The number of halogens is 4. The van der Waals surface area contributed by atoms with Gasteiger partial charge in [0.1, 0.15) is 5.75 Å². The van der Waals surface area contributed by atoms with Crippen LogP contribution in [0.4, 0.5) is 13.2 Å². The van der Waals surface area contributed by atoms with Crippen molar-refractivity contribution in [1.29, 1.82) is 0 Å². The summed E-state index contributed by atoms with van der Waals surface area (Å²) < 4.78 is 45.1. The van der Waals surface area contributed by atoms with Crippen LogP contribution in [0.1, 0.15) is 37.3 Å². The maximum absolute atomic E-state index is 13.8. The third kappa shape index (κ3) is 5.04. The summed E-state index contributed by atoms with van der Waals surface area (Å²) in [5.74, 6) is -0.639. The summed E-state index contributed by atoms with van der Waals surface area (Å²) in [5, 5.41) is 3.41. The third-order valence-electron chi connectivity index (χ3n) is 7.05. The van der Waals surface area contributed by atoms with Gasteiger partial charge in [0, 0.05) is 31.1 Å². The number of nitrogens with zero attached hydrogens (tertiary/aromatic N) is 2. The molecule has 2 aromatic carbocycles. The molecule has 36 heavy (non-hydrogen) atoms. The van der Waals surface area contributed by atoms with Crippen molar-refractivity contribution in [3.63, 3.8) is 0 Å². The molecule has 6 nitrogen and oxygen atoms in total. The van der Waals surface area contributed by atoms with Crippen LogP contribution >= 0.6 is 11.6 Å². The van der Waals surface area contributed by atoms with Crippen molar-refractivity contribution in [2.75, 3.05) is 33.2 Å². The van der Waals surface area contributed by atoms with Crippen LogP contribution in [0.3, 0.4) is 0 Å². The molecule has 0 spiro atoms. The Kier molecular flexibility index (Phi) is 7.26. The van der Waals surface area contributed by atoms with E-state index in [1.54, 1.807) is 12.1 Å². The fraction of sp³-hybridized carbons (Fsp3) is 0.462. The van der Waals surface area contributed by atoms with Crippen LogP contribution in [-0.2, 0) is 21.2 Å². The average molecular weight is 524 g/mol. The van der Waals surface area contributed by atoms with Gasteiger partial charge in [0.25, 0.3) is 11.6 Å². The van der Waals surface area contributed by atoms with Crippen LogP contribution < -0.4 is 10.1 Å². The largest absolute Gasteiger partial charge is 0.458 e. The summed E-state index contributed by atoms with van der Waals surface area (Å²) in [5.41, 5.74) is -2.40. The van der Waals surface area contributed by atoms with Gasteiger partial charge in [-0.05, 0) is 68.4 Å². The van der Waals surface area contributed by atoms with Crippen LogP contribution in [0, 0.1) is 0 Å². The van der Waals surface area contributed by atoms with Crippen molar-refractivity contribution in [3.05, 3.63) is 64.7 Å². The van der Waals surface area contributed by atoms with Gasteiger partial charge in [0.15, 0.2) is 0 Å². The molecule has 1 aliphatic heterocycles. The Labute approximate surface area is 213 Å². The van der Waals surface area contributed by atoms with E-state index >= 15 is 0 Å². The highest BCUT2D eigenvalue weighted by molar-refractivity contribution is 6.30. The molecule has 1 aliphatic carbocycles. The van der Waals surface area contributed by atoms with Gasteiger partial charge < -0.3 is 15.0 Å². The lowest BCUT2D eigenvalue weighted by Gasteiger charge is -2.51. The van der Waals surface area contributed by atoms with E-state index in [0.29, 0.717) is 37.5 Å². The molecule has 2 aliphatic rings. The highest BCUT2D eigenvalue weighted by Gasteiger charge is 2.63. The molecule has 1 atom stereocenters. The summed E-state index contributed by atoms with van der Waals surface area (Å²) in [6, 6.07) is 11.2. The van der Waals surface area contributed by atoms with Crippen LogP contribution in [0.15, 0.2) is 48.5 Å². The molecule has 194 valence electrons. The molecule has 1 saturated carbocycles. The first-order valence-electron chi connectivity index (χ1n) is 11.9. The molecule has 0 aromatic heterocycles. The summed E-state index contributed by atoms with van der Waals surface area (Å²) in [6.45, 7) is 4.04. The number of carbonyl (C=O) groups is 2. The van der Waals surface area contributed by atoms with E-state index < -0.39 is 28.8 Å². The topological polar surface area (TPSA) is 61.9 Å².